The van der Waals surface area contributed by atoms with Gasteiger partial charge in [0, 0.05) is 61.8 Å². The van der Waals surface area contributed by atoms with Gasteiger partial charge >= 0.3 is 6.01 Å². The molecule has 1 saturated heterocycles. The molecule has 0 amide bonds. The normalized spacial score (nSPS) is 14.0. The van der Waals surface area contributed by atoms with Crippen molar-refractivity contribution in [2.24, 2.45) is 5.16 Å². The van der Waals surface area contributed by atoms with Gasteiger partial charge in [-0.25, -0.2) is 24.3 Å². The maximum Gasteiger partial charge on any atom is 0.345 e. The molecule has 1 aliphatic rings. The molecule has 2 aromatic heterocycles. The van der Waals surface area contributed by atoms with Gasteiger partial charge in [-0.3, -0.25) is 0 Å². The lowest BCUT2D eigenvalue weighted by Gasteiger charge is -2.27. The fourth-order valence-electron chi connectivity index (χ4n) is 3.19. The van der Waals surface area contributed by atoms with Crippen LogP contribution < -0.4 is 9.74 Å². The Morgan fingerprint density at radius 3 is 2.45 bits per heavy atom. The molecule has 1 fully saturated rings. The van der Waals surface area contributed by atoms with Gasteiger partial charge in [-0.05, 0) is 18.1 Å². The predicted molar refractivity (Wildman–Crippen MR) is 108 cm³/mol. The lowest BCUT2D eigenvalue weighted by molar-refractivity contribution is 0.309. The summed E-state index contributed by atoms with van der Waals surface area (Å²) in [7, 11) is 0. The summed E-state index contributed by atoms with van der Waals surface area (Å²) in [6.07, 6.45) is 8.71. The first kappa shape index (κ1) is 18.9. The molecule has 0 aliphatic carbocycles. The molecule has 0 bridgehead atoms. The summed E-state index contributed by atoms with van der Waals surface area (Å²) in [5.41, 5.74) is 2.85. The molecular weight excluding hydrogens is 371 g/mol. The van der Waals surface area contributed by atoms with Crippen LogP contribution in [0.15, 0.2) is 54.2 Å². The SMILES string of the molecule is CCc1cccc(-c2cnc(N3CCC(=NOc4ncccn4)CC3)nc2)c1F. The van der Waals surface area contributed by atoms with Crippen molar-refractivity contribution < 1.29 is 9.23 Å². The number of piperidine rings is 1. The Morgan fingerprint density at radius 1 is 1.03 bits per heavy atom. The van der Waals surface area contributed by atoms with Crippen LogP contribution in [0, 0.1) is 5.82 Å². The second kappa shape index (κ2) is 8.72. The van der Waals surface area contributed by atoms with Gasteiger partial charge in [0.05, 0.1) is 5.71 Å². The van der Waals surface area contributed by atoms with Crippen molar-refractivity contribution in [3.8, 4) is 17.1 Å². The van der Waals surface area contributed by atoms with Crippen molar-refractivity contribution in [1.29, 1.82) is 0 Å². The van der Waals surface area contributed by atoms with E-state index in [1.165, 1.54) is 0 Å². The molecule has 1 aliphatic heterocycles. The highest BCUT2D eigenvalue weighted by atomic mass is 19.1. The molecule has 0 saturated carbocycles. The summed E-state index contributed by atoms with van der Waals surface area (Å²) in [5.74, 6) is 0.430. The van der Waals surface area contributed by atoms with Crippen LogP contribution in [0.2, 0.25) is 0 Å². The van der Waals surface area contributed by atoms with E-state index in [9.17, 15) is 4.39 Å². The third-order valence-electron chi connectivity index (χ3n) is 4.83. The molecule has 7 nitrogen and oxygen atoms in total. The van der Waals surface area contributed by atoms with Gasteiger partial charge in [-0.2, -0.15) is 0 Å². The van der Waals surface area contributed by atoms with Gasteiger partial charge in [-0.1, -0.05) is 30.3 Å². The van der Waals surface area contributed by atoms with Crippen LogP contribution in [0.3, 0.4) is 0 Å². The first-order chi connectivity index (χ1) is 14.2. The molecule has 0 spiro atoms. The number of aromatic nitrogens is 4. The monoisotopic (exact) mass is 392 g/mol. The van der Waals surface area contributed by atoms with E-state index in [0.29, 0.717) is 29.1 Å². The molecule has 0 unspecified atom stereocenters. The molecule has 148 valence electrons. The Hall–Kier alpha value is -3.42. The van der Waals surface area contributed by atoms with Crippen molar-refractivity contribution in [3.05, 3.63) is 60.4 Å². The van der Waals surface area contributed by atoms with Crippen molar-refractivity contribution in [2.75, 3.05) is 18.0 Å². The molecule has 3 aromatic rings. The molecule has 29 heavy (non-hydrogen) atoms. The average molecular weight is 392 g/mol. The summed E-state index contributed by atoms with van der Waals surface area (Å²) >= 11 is 0. The van der Waals surface area contributed by atoms with E-state index in [1.807, 2.05) is 13.0 Å². The number of oxime groups is 1. The van der Waals surface area contributed by atoms with Crippen molar-refractivity contribution >= 4 is 11.7 Å². The summed E-state index contributed by atoms with van der Waals surface area (Å²) in [4.78, 5) is 24.2. The zero-order valence-electron chi connectivity index (χ0n) is 16.1. The molecule has 8 heteroatoms. The summed E-state index contributed by atoms with van der Waals surface area (Å²) in [6.45, 7) is 3.40. The molecule has 0 radical (unpaired) electrons. The number of halogens is 1. The van der Waals surface area contributed by atoms with E-state index < -0.39 is 0 Å². The largest absolute Gasteiger partial charge is 0.345 e. The molecule has 1 aromatic carbocycles. The maximum atomic E-state index is 14.6. The minimum atomic E-state index is -0.201. The Bertz CT molecular complexity index is 984. The fourth-order valence-corrected chi connectivity index (χ4v) is 3.19. The number of hydrogen-bond donors (Lipinski definition) is 0. The lowest BCUT2D eigenvalue weighted by atomic mass is 10.0. The minimum absolute atomic E-state index is 0.201. The molecule has 4 rings (SSSR count). The van der Waals surface area contributed by atoms with Crippen LogP contribution in [0.5, 0.6) is 6.01 Å². The van der Waals surface area contributed by atoms with Crippen LogP contribution in [0.4, 0.5) is 10.3 Å². The standard InChI is InChI=1S/C21H21FN6O/c1-2-15-5-3-6-18(19(15)22)16-13-25-20(26-14-16)28-11-7-17(8-12-28)27-29-21-23-9-4-10-24-21/h3-6,9-10,13-14H,2,7-8,11-12H2,1H3. The molecular formula is C21H21FN6O. The van der Waals surface area contributed by atoms with Gasteiger partial charge in [0.1, 0.15) is 5.82 Å². The van der Waals surface area contributed by atoms with Gasteiger partial charge in [0.2, 0.25) is 5.95 Å². The first-order valence-corrected chi connectivity index (χ1v) is 9.59. The highest BCUT2D eigenvalue weighted by molar-refractivity contribution is 5.86. The van der Waals surface area contributed by atoms with Gasteiger partial charge in [0.15, 0.2) is 0 Å². The third-order valence-corrected chi connectivity index (χ3v) is 4.83. The molecule has 0 N–H and O–H groups in total. The minimum Gasteiger partial charge on any atom is -0.340 e. The van der Waals surface area contributed by atoms with Crippen LogP contribution >= 0.6 is 0 Å². The van der Waals surface area contributed by atoms with Crippen molar-refractivity contribution in [2.45, 2.75) is 26.2 Å². The predicted octanol–water partition coefficient (Wildman–Crippen LogP) is 3.67. The van der Waals surface area contributed by atoms with Gasteiger partial charge < -0.3 is 9.74 Å². The van der Waals surface area contributed by atoms with Crippen molar-refractivity contribution in [1.82, 2.24) is 19.9 Å². The Morgan fingerprint density at radius 2 is 1.76 bits per heavy atom. The Balaban J connectivity index is 1.39. The number of aryl methyl sites for hydroxylation is 1. The van der Waals surface area contributed by atoms with E-state index in [2.05, 4.69) is 30.0 Å². The number of hydrogen-bond acceptors (Lipinski definition) is 7. The average Bonchev–Trinajstić information content (AvgIpc) is 2.79. The quantitative estimate of drug-likeness (QED) is 0.617. The zero-order valence-corrected chi connectivity index (χ0v) is 16.1. The smallest absolute Gasteiger partial charge is 0.340 e. The highest BCUT2D eigenvalue weighted by Gasteiger charge is 2.18. The molecule has 0 atom stereocenters. The lowest BCUT2D eigenvalue weighted by Crippen LogP contribution is -2.35. The molecule has 3 heterocycles. The number of nitrogens with zero attached hydrogens (tertiary/aromatic N) is 6. The Labute approximate surface area is 168 Å². The number of benzene rings is 1. The van der Waals surface area contributed by atoms with E-state index in [1.54, 1.807) is 43.0 Å². The second-order valence-electron chi connectivity index (χ2n) is 6.67. The van der Waals surface area contributed by atoms with Gasteiger partial charge in [0.25, 0.3) is 0 Å². The number of rotatable bonds is 5. The van der Waals surface area contributed by atoms with E-state index in [4.69, 9.17) is 4.84 Å². The van der Waals surface area contributed by atoms with Crippen molar-refractivity contribution in [3.63, 3.8) is 0 Å². The van der Waals surface area contributed by atoms with Crippen LogP contribution in [-0.4, -0.2) is 38.7 Å². The summed E-state index contributed by atoms with van der Waals surface area (Å²) in [6, 6.07) is 7.38. The van der Waals surface area contributed by atoms with E-state index in [-0.39, 0.29) is 11.8 Å². The zero-order chi connectivity index (χ0) is 20.1. The summed E-state index contributed by atoms with van der Waals surface area (Å²) in [5, 5.41) is 4.14. The van der Waals surface area contributed by atoms with Gasteiger partial charge in [-0.15, -0.1) is 0 Å². The van der Waals surface area contributed by atoms with Crippen LogP contribution in [0.25, 0.3) is 11.1 Å². The highest BCUT2D eigenvalue weighted by Crippen LogP contribution is 2.25. The second-order valence-corrected chi connectivity index (χ2v) is 6.67. The number of anilines is 1. The van der Waals surface area contributed by atoms with E-state index >= 15 is 0 Å². The van der Waals surface area contributed by atoms with Crippen LogP contribution in [-0.2, 0) is 6.42 Å². The van der Waals surface area contributed by atoms with E-state index in [0.717, 1.165) is 31.6 Å². The maximum absolute atomic E-state index is 14.6. The topological polar surface area (TPSA) is 76.4 Å². The summed E-state index contributed by atoms with van der Waals surface area (Å²) < 4.78 is 14.6. The Kier molecular flexibility index (Phi) is 5.69. The fraction of sp³-hybridized carbons (Fsp3) is 0.286. The third kappa shape index (κ3) is 4.37. The first-order valence-electron chi connectivity index (χ1n) is 9.59. The van der Waals surface area contributed by atoms with Crippen LogP contribution in [0.1, 0.15) is 25.3 Å².